The van der Waals surface area contributed by atoms with Gasteiger partial charge < -0.3 is 10.4 Å². The number of nitrogens with zero attached hydrogens (tertiary/aromatic N) is 2. The molecule has 0 bridgehead atoms. The minimum Gasteiger partial charge on any atom is -0.390 e. The van der Waals surface area contributed by atoms with Crippen LogP contribution >= 0.6 is 0 Å². The molecule has 110 valence electrons. The lowest BCUT2D eigenvalue weighted by atomic mass is 10.1. The number of benzene rings is 1. The molecule has 4 heteroatoms. The topological polar surface area (TPSA) is 38.7 Å². The number of aliphatic hydroxyl groups excluding tert-OH is 1. The molecule has 1 unspecified atom stereocenters. The van der Waals surface area contributed by atoms with E-state index in [0.717, 1.165) is 39.3 Å². The minimum absolute atomic E-state index is 0.210. The van der Waals surface area contributed by atoms with Gasteiger partial charge >= 0.3 is 0 Å². The second kappa shape index (κ2) is 6.22. The standard InChI is InChI=1S/C16H25N3O/c1-13-11-18(12-14-5-3-2-4-6-14)7-8-19(13)15-9-17-10-16(15)20/h2-6,13,15-17,20H,7-12H2,1H3/t13?,15-,16-/m1/s1. The number of rotatable bonds is 3. The Morgan fingerprint density at radius 3 is 2.65 bits per heavy atom. The van der Waals surface area contributed by atoms with Gasteiger partial charge in [-0.05, 0) is 12.5 Å². The summed E-state index contributed by atoms with van der Waals surface area (Å²) in [5.41, 5.74) is 1.38. The molecule has 2 fully saturated rings. The summed E-state index contributed by atoms with van der Waals surface area (Å²) in [6.45, 7) is 8.19. The van der Waals surface area contributed by atoms with Gasteiger partial charge in [0, 0.05) is 51.4 Å². The van der Waals surface area contributed by atoms with Crippen molar-refractivity contribution in [3.8, 4) is 0 Å². The second-order valence-electron chi connectivity index (χ2n) is 6.10. The average molecular weight is 275 g/mol. The second-order valence-corrected chi connectivity index (χ2v) is 6.10. The molecule has 20 heavy (non-hydrogen) atoms. The Balaban J connectivity index is 1.56. The molecule has 1 aromatic carbocycles. The zero-order chi connectivity index (χ0) is 13.9. The Hall–Kier alpha value is -0.940. The van der Waals surface area contributed by atoms with Gasteiger partial charge in [-0.1, -0.05) is 30.3 Å². The van der Waals surface area contributed by atoms with E-state index >= 15 is 0 Å². The van der Waals surface area contributed by atoms with Crippen LogP contribution in [-0.4, -0.2) is 65.8 Å². The van der Waals surface area contributed by atoms with Crippen LogP contribution in [-0.2, 0) is 6.54 Å². The highest BCUT2D eigenvalue weighted by Crippen LogP contribution is 2.19. The summed E-state index contributed by atoms with van der Waals surface area (Å²) in [5, 5.41) is 13.3. The van der Waals surface area contributed by atoms with Crippen molar-refractivity contribution in [1.82, 2.24) is 15.1 Å². The third-order valence-corrected chi connectivity index (χ3v) is 4.59. The van der Waals surface area contributed by atoms with Gasteiger partial charge in [0.25, 0.3) is 0 Å². The van der Waals surface area contributed by atoms with Crippen molar-refractivity contribution >= 4 is 0 Å². The lowest BCUT2D eigenvalue weighted by Crippen LogP contribution is -2.57. The van der Waals surface area contributed by atoms with E-state index in [1.807, 2.05) is 0 Å². The van der Waals surface area contributed by atoms with Gasteiger partial charge in [0.1, 0.15) is 0 Å². The highest BCUT2D eigenvalue weighted by Gasteiger charge is 2.35. The highest BCUT2D eigenvalue weighted by atomic mass is 16.3. The SMILES string of the molecule is CC1CN(Cc2ccccc2)CCN1[C@@H]1CNC[C@H]1O. The molecule has 1 aromatic rings. The summed E-state index contributed by atoms with van der Waals surface area (Å²) in [6.07, 6.45) is -0.210. The van der Waals surface area contributed by atoms with Crippen LogP contribution in [0.1, 0.15) is 12.5 Å². The molecule has 2 saturated heterocycles. The summed E-state index contributed by atoms with van der Waals surface area (Å²) < 4.78 is 0. The third-order valence-electron chi connectivity index (χ3n) is 4.59. The molecule has 3 rings (SSSR count). The van der Waals surface area contributed by atoms with E-state index in [1.165, 1.54) is 5.56 Å². The van der Waals surface area contributed by atoms with Crippen molar-refractivity contribution < 1.29 is 5.11 Å². The maximum Gasteiger partial charge on any atom is 0.0831 e. The first-order chi connectivity index (χ1) is 9.74. The van der Waals surface area contributed by atoms with E-state index < -0.39 is 0 Å². The van der Waals surface area contributed by atoms with Gasteiger partial charge in [-0.15, -0.1) is 0 Å². The molecule has 2 heterocycles. The van der Waals surface area contributed by atoms with E-state index in [0.29, 0.717) is 12.1 Å². The van der Waals surface area contributed by atoms with Crippen molar-refractivity contribution in [2.45, 2.75) is 31.7 Å². The number of hydrogen-bond acceptors (Lipinski definition) is 4. The number of piperazine rings is 1. The summed E-state index contributed by atoms with van der Waals surface area (Å²) in [7, 11) is 0. The van der Waals surface area contributed by atoms with E-state index in [9.17, 15) is 5.11 Å². The average Bonchev–Trinajstić information content (AvgIpc) is 2.86. The molecule has 2 N–H and O–H groups in total. The molecule has 0 spiro atoms. The van der Waals surface area contributed by atoms with Gasteiger partial charge in [0.05, 0.1) is 6.10 Å². The van der Waals surface area contributed by atoms with Crippen LogP contribution < -0.4 is 5.32 Å². The largest absolute Gasteiger partial charge is 0.390 e. The normalized spacial score (nSPS) is 32.6. The highest BCUT2D eigenvalue weighted by molar-refractivity contribution is 5.14. The van der Waals surface area contributed by atoms with Crippen LogP contribution in [0.2, 0.25) is 0 Å². The van der Waals surface area contributed by atoms with Crippen molar-refractivity contribution in [2.24, 2.45) is 0 Å². The molecular formula is C16H25N3O. The first-order valence-corrected chi connectivity index (χ1v) is 7.65. The Morgan fingerprint density at radius 1 is 1.20 bits per heavy atom. The number of β-amino-alcohol motifs (C(OH)–C–C–N with tert-alkyl or cyclic N) is 1. The van der Waals surface area contributed by atoms with Crippen LogP contribution in [0.15, 0.2) is 30.3 Å². The Morgan fingerprint density at radius 2 is 2.00 bits per heavy atom. The molecule has 0 aromatic heterocycles. The maximum absolute atomic E-state index is 10.0. The molecule has 0 radical (unpaired) electrons. The fraction of sp³-hybridized carbons (Fsp3) is 0.625. The van der Waals surface area contributed by atoms with E-state index in [4.69, 9.17) is 0 Å². The Labute approximate surface area is 121 Å². The van der Waals surface area contributed by atoms with Gasteiger partial charge in [-0.2, -0.15) is 0 Å². The van der Waals surface area contributed by atoms with Gasteiger partial charge in [0.2, 0.25) is 0 Å². The minimum atomic E-state index is -0.210. The monoisotopic (exact) mass is 275 g/mol. The lowest BCUT2D eigenvalue weighted by molar-refractivity contribution is 0.00886. The summed E-state index contributed by atoms with van der Waals surface area (Å²) in [6, 6.07) is 11.5. The van der Waals surface area contributed by atoms with Crippen LogP contribution in [0.25, 0.3) is 0 Å². The quantitative estimate of drug-likeness (QED) is 0.844. The molecule has 0 amide bonds. The predicted molar refractivity (Wildman–Crippen MR) is 80.6 cm³/mol. The Bertz CT molecular complexity index is 425. The summed E-state index contributed by atoms with van der Waals surface area (Å²) in [5.74, 6) is 0. The van der Waals surface area contributed by atoms with Gasteiger partial charge in [0.15, 0.2) is 0 Å². The molecule has 0 aliphatic carbocycles. The number of nitrogens with one attached hydrogen (secondary N) is 1. The molecule has 2 aliphatic rings. The first kappa shape index (κ1) is 14.0. The fourth-order valence-electron chi connectivity index (χ4n) is 3.51. The zero-order valence-electron chi connectivity index (χ0n) is 12.2. The van der Waals surface area contributed by atoms with Crippen LogP contribution in [0.4, 0.5) is 0 Å². The summed E-state index contributed by atoms with van der Waals surface area (Å²) >= 11 is 0. The summed E-state index contributed by atoms with van der Waals surface area (Å²) in [4.78, 5) is 5.00. The van der Waals surface area contributed by atoms with E-state index in [-0.39, 0.29) is 6.10 Å². The van der Waals surface area contributed by atoms with Crippen molar-refractivity contribution in [3.63, 3.8) is 0 Å². The zero-order valence-corrected chi connectivity index (χ0v) is 12.2. The number of hydrogen-bond donors (Lipinski definition) is 2. The lowest BCUT2D eigenvalue weighted by Gasteiger charge is -2.43. The van der Waals surface area contributed by atoms with Crippen LogP contribution in [0, 0.1) is 0 Å². The molecular weight excluding hydrogens is 250 g/mol. The Kier molecular flexibility index (Phi) is 4.36. The molecule has 3 atom stereocenters. The molecule has 0 saturated carbocycles. The van der Waals surface area contributed by atoms with Crippen molar-refractivity contribution in [2.75, 3.05) is 32.7 Å². The van der Waals surface area contributed by atoms with Crippen LogP contribution in [0.5, 0.6) is 0 Å². The molecule has 2 aliphatic heterocycles. The van der Waals surface area contributed by atoms with Crippen molar-refractivity contribution in [1.29, 1.82) is 0 Å². The van der Waals surface area contributed by atoms with E-state index in [2.05, 4.69) is 52.4 Å². The van der Waals surface area contributed by atoms with Gasteiger partial charge in [-0.3, -0.25) is 9.80 Å². The van der Waals surface area contributed by atoms with Crippen LogP contribution in [0.3, 0.4) is 0 Å². The third kappa shape index (κ3) is 3.04. The van der Waals surface area contributed by atoms with E-state index in [1.54, 1.807) is 0 Å². The fourth-order valence-corrected chi connectivity index (χ4v) is 3.51. The van der Waals surface area contributed by atoms with Crippen molar-refractivity contribution in [3.05, 3.63) is 35.9 Å². The number of aliphatic hydroxyl groups is 1. The smallest absolute Gasteiger partial charge is 0.0831 e. The maximum atomic E-state index is 10.0. The predicted octanol–water partition coefficient (Wildman–Crippen LogP) is 0.525. The first-order valence-electron chi connectivity index (χ1n) is 7.65. The van der Waals surface area contributed by atoms with Gasteiger partial charge in [-0.25, -0.2) is 0 Å². The molecule has 4 nitrogen and oxygen atoms in total.